The van der Waals surface area contributed by atoms with Crippen LogP contribution in [0.1, 0.15) is 83.1 Å². The molecule has 0 radical (unpaired) electrons. The minimum Gasteiger partial charge on any atom is -0.297 e. The van der Waals surface area contributed by atoms with Crippen molar-refractivity contribution in [3.8, 4) is 0 Å². The van der Waals surface area contributed by atoms with Crippen LogP contribution in [-0.2, 0) is 0 Å². The highest BCUT2D eigenvalue weighted by atomic mass is 15.4. The van der Waals surface area contributed by atoms with E-state index < -0.39 is 0 Å². The second-order valence-electron chi connectivity index (χ2n) is 13.9. The highest BCUT2D eigenvalue weighted by Crippen LogP contribution is 2.45. The van der Waals surface area contributed by atoms with Crippen LogP contribution in [0.15, 0.2) is 0 Å². The second-order valence-corrected chi connectivity index (χ2v) is 13.9. The fourth-order valence-electron chi connectivity index (χ4n) is 4.72. The quantitative estimate of drug-likeness (QED) is 0.589. The van der Waals surface area contributed by atoms with E-state index in [1.165, 1.54) is 52.4 Å². The Hall–Kier alpha value is -0.160. The number of hydrogen-bond donors (Lipinski definition) is 0. The smallest absolute Gasteiger partial charge is 0.0213 e. The lowest BCUT2D eigenvalue weighted by atomic mass is 9.69. The number of likely N-dealkylation sites (tertiary alicyclic amines) is 2. The molecule has 0 amide bonds. The van der Waals surface area contributed by atoms with Crippen molar-refractivity contribution >= 4 is 0 Å². The standard InChI is InChI=1S/C13H26N2.C12H26N2/c1-11(2,3)14-7-13(8-14)9-15(10-13)12(4,5)6;1-11(2,3)13-7-9-14(10-8-13)12(4,5)6/h7-10H2,1-6H3;7-10H2,1-6H3. The van der Waals surface area contributed by atoms with Crippen molar-refractivity contribution in [1.29, 1.82) is 0 Å². The Kier molecular flexibility index (Phi) is 6.99. The molecule has 3 aliphatic heterocycles. The first-order valence-electron chi connectivity index (χ1n) is 11.8. The van der Waals surface area contributed by atoms with Gasteiger partial charge < -0.3 is 0 Å². The average molecular weight is 409 g/mol. The molecule has 0 saturated carbocycles. The summed E-state index contributed by atoms with van der Waals surface area (Å²) in [6.45, 7) is 37.8. The molecule has 0 unspecified atom stereocenters. The van der Waals surface area contributed by atoms with Crippen LogP contribution in [0.5, 0.6) is 0 Å². The van der Waals surface area contributed by atoms with Crippen molar-refractivity contribution in [2.75, 3.05) is 52.4 Å². The van der Waals surface area contributed by atoms with E-state index in [0.717, 1.165) is 0 Å². The Morgan fingerprint density at radius 2 is 0.586 bits per heavy atom. The van der Waals surface area contributed by atoms with Crippen LogP contribution in [0.3, 0.4) is 0 Å². The molecule has 3 rings (SSSR count). The molecule has 0 aromatic carbocycles. The van der Waals surface area contributed by atoms with Gasteiger partial charge in [-0.15, -0.1) is 0 Å². The average Bonchev–Trinajstić information content (AvgIpc) is 2.40. The minimum atomic E-state index is 0.337. The Bertz CT molecular complexity index is 468. The lowest BCUT2D eigenvalue weighted by molar-refractivity contribution is -0.167. The Morgan fingerprint density at radius 3 is 0.759 bits per heavy atom. The van der Waals surface area contributed by atoms with Gasteiger partial charge in [0, 0.05) is 79.9 Å². The zero-order valence-electron chi connectivity index (χ0n) is 21.9. The first kappa shape index (κ1) is 25.1. The van der Waals surface area contributed by atoms with Crippen molar-refractivity contribution in [3.63, 3.8) is 0 Å². The zero-order chi connectivity index (χ0) is 22.5. The Labute approximate surface area is 183 Å². The first-order valence-corrected chi connectivity index (χ1v) is 11.8. The van der Waals surface area contributed by atoms with Gasteiger partial charge in [0.1, 0.15) is 0 Å². The molecule has 29 heavy (non-hydrogen) atoms. The number of hydrogen-bond acceptors (Lipinski definition) is 4. The molecule has 0 aromatic rings. The Morgan fingerprint density at radius 1 is 0.379 bits per heavy atom. The Balaban J connectivity index is 0.000000208. The molecule has 0 aliphatic carbocycles. The zero-order valence-corrected chi connectivity index (χ0v) is 21.9. The molecule has 0 aromatic heterocycles. The normalized spacial score (nSPS) is 25.2. The number of piperazine rings is 1. The monoisotopic (exact) mass is 408 g/mol. The van der Waals surface area contributed by atoms with E-state index in [2.05, 4.69) is 103 Å². The van der Waals surface area contributed by atoms with Gasteiger partial charge in [-0.2, -0.15) is 0 Å². The molecule has 3 heterocycles. The van der Waals surface area contributed by atoms with Gasteiger partial charge in [0.15, 0.2) is 0 Å². The van der Waals surface area contributed by atoms with Gasteiger partial charge in [-0.1, -0.05) is 0 Å². The van der Waals surface area contributed by atoms with Crippen LogP contribution < -0.4 is 0 Å². The van der Waals surface area contributed by atoms with Gasteiger partial charge >= 0.3 is 0 Å². The molecule has 0 N–H and O–H groups in total. The fourth-order valence-corrected chi connectivity index (χ4v) is 4.72. The number of nitrogens with zero attached hydrogens (tertiary/aromatic N) is 4. The van der Waals surface area contributed by atoms with E-state index in [1.54, 1.807) is 0 Å². The summed E-state index contributed by atoms with van der Waals surface area (Å²) in [5.41, 5.74) is 2.06. The van der Waals surface area contributed by atoms with Crippen LogP contribution in [0.2, 0.25) is 0 Å². The predicted molar refractivity (Wildman–Crippen MR) is 128 cm³/mol. The van der Waals surface area contributed by atoms with E-state index in [1.807, 2.05) is 0 Å². The molecule has 1 spiro atoms. The maximum atomic E-state index is 2.60. The van der Waals surface area contributed by atoms with Crippen LogP contribution >= 0.6 is 0 Å². The predicted octanol–water partition coefficient (Wildman–Crippen LogP) is 4.40. The molecular formula is C25H52N4. The third-order valence-electron chi connectivity index (χ3n) is 7.18. The van der Waals surface area contributed by atoms with Gasteiger partial charge in [-0.05, 0) is 83.1 Å². The van der Waals surface area contributed by atoms with Gasteiger partial charge in [-0.3, -0.25) is 19.6 Å². The largest absolute Gasteiger partial charge is 0.297 e. The van der Waals surface area contributed by atoms with Crippen LogP contribution in [-0.4, -0.2) is 94.1 Å². The van der Waals surface area contributed by atoms with Crippen molar-refractivity contribution in [2.24, 2.45) is 5.41 Å². The topological polar surface area (TPSA) is 13.0 Å². The summed E-state index contributed by atoms with van der Waals surface area (Å²) in [5.74, 6) is 0. The molecular weight excluding hydrogens is 356 g/mol. The molecule has 0 bridgehead atoms. The summed E-state index contributed by atoms with van der Waals surface area (Å²) in [5, 5.41) is 0. The first-order chi connectivity index (χ1) is 12.8. The molecule has 4 nitrogen and oxygen atoms in total. The lowest BCUT2D eigenvalue weighted by Crippen LogP contribution is -2.76. The molecule has 3 fully saturated rings. The van der Waals surface area contributed by atoms with E-state index in [-0.39, 0.29) is 0 Å². The van der Waals surface area contributed by atoms with E-state index >= 15 is 0 Å². The minimum absolute atomic E-state index is 0.337. The van der Waals surface area contributed by atoms with Crippen molar-refractivity contribution in [3.05, 3.63) is 0 Å². The molecule has 3 saturated heterocycles. The maximum absolute atomic E-state index is 2.60. The van der Waals surface area contributed by atoms with Crippen LogP contribution in [0.25, 0.3) is 0 Å². The third kappa shape index (κ3) is 6.41. The summed E-state index contributed by atoms with van der Waals surface area (Å²) in [6.07, 6.45) is 0. The van der Waals surface area contributed by atoms with E-state index in [0.29, 0.717) is 27.6 Å². The van der Waals surface area contributed by atoms with Crippen LogP contribution in [0.4, 0.5) is 0 Å². The molecule has 3 aliphatic rings. The van der Waals surface area contributed by atoms with E-state index in [9.17, 15) is 0 Å². The highest BCUT2D eigenvalue weighted by molar-refractivity contribution is 5.10. The molecule has 172 valence electrons. The van der Waals surface area contributed by atoms with Gasteiger partial charge in [0.2, 0.25) is 0 Å². The lowest BCUT2D eigenvalue weighted by Gasteiger charge is -2.66. The van der Waals surface area contributed by atoms with Gasteiger partial charge in [0.05, 0.1) is 0 Å². The summed E-state index contributed by atoms with van der Waals surface area (Å²) < 4.78 is 0. The van der Waals surface area contributed by atoms with Crippen LogP contribution in [0, 0.1) is 5.41 Å². The summed E-state index contributed by atoms with van der Waals surface area (Å²) in [4.78, 5) is 10.4. The highest BCUT2D eigenvalue weighted by Gasteiger charge is 2.55. The molecule has 4 heteroatoms. The SMILES string of the molecule is CC(C)(C)N1CC2(C1)CN(C(C)(C)C)C2.CC(C)(C)N1CCN(C(C)(C)C)CC1. The van der Waals surface area contributed by atoms with Crippen molar-refractivity contribution < 1.29 is 0 Å². The maximum Gasteiger partial charge on any atom is 0.0213 e. The van der Waals surface area contributed by atoms with Gasteiger partial charge in [0.25, 0.3) is 0 Å². The fraction of sp³-hybridized carbons (Fsp3) is 1.00. The summed E-state index contributed by atoms with van der Waals surface area (Å²) in [6, 6.07) is 0. The van der Waals surface area contributed by atoms with Crippen molar-refractivity contribution in [2.45, 2.75) is 105 Å². The van der Waals surface area contributed by atoms with Crippen molar-refractivity contribution in [1.82, 2.24) is 19.6 Å². The summed E-state index contributed by atoms with van der Waals surface area (Å²) in [7, 11) is 0. The number of rotatable bonds is 0. The summed E-state index contributed by atoms with van der Waals surface area (Å²) >= 11 is 0. The molecule has 0 atom stereocenters. The third-order valence-corrected chi connectivity index (χ3v) is 7.18. The second kappa shape index (κ2) is 8.07. The van der Waals surface area contributed by atoms with E-state index in [4.69, 9.17) is 0 Å². The van der Waals surface area contributed by atoms with Gasteiger partial charge in [-0.25, -0.2) is 0 Å².